The van der Waals surface area contributed by atoms with Crippen molar-refractivity contribution in [2.45, 2.75) is 0 Å². The van der Waals surface area contributed by atoms with Gasteiger partial charge in [-0.05, 0) is 29.9 Å². The first-order valence-corrected chi connectivity index (χ1v) is 4.03. The predicted molar refractivity (Wildman–Crippen MR) is 47.0 cm³/mol. The molecule has 0 amide bonds. The quantitative estimate of drug-likeness (QED) is 0.382. The fraction of sp³-hybridized carbons (Fsp3) is 0. The van der Waals surface area contributed by atoms with Crippen LogP contribution in [-0.2, 0) is 0 Å². The van der Waals surface area contributed by atoms with Crippen molar-refractivity contribution in [2.24, 2.45) is 0 Å². The Hall–Kier alpha value is 2.01. The number of carboxylic acid groups (broad SMARTS) is 2. The maximum Gasteiger partial charge on any atom is 1.00 e. The van der Waals surface area contributed by atoms with Crippen molar-refractivity contribution in [3.05, 3.63) is 34.9 Å². The van der Waals surface area contributed by atoms with E-state index in [9.17, 15) is 4.79 Å². The Kier molecular flexibility index (Phi) is 19.4. The Morgan fingerprint density at radius 2 is 1.44 bits per heavy atom. The van der Waals surface area contributed by atoms with Crippen molar-refractivity contribution >= 4 is 34.6 Å². The molecule has 0 N–H and O–H groups in total. The molecule has 0 saturated carbocycles. The zero-order chi connectivity index (χ0) is 11.1. The van der Waals surface area contributed by atoms with Crippen LogP contribution in [0.25, 0.3) is 0 Å². The predicted octanol–water partition coefficient (Wildman–Crippen LogP) is -5.72. The van der Waals surface area contributed by atoms with Gasteiger partial charge in [-0.15, -0.1) is 0 Å². The second-order valence-electron chi connectivity index (χ2n) is 2.00. The monoisotopic (exact) mass is 312 g/mol. The summed E-state index contributed by atoms with van der Waals surface area (Å²) in [5, 5.41) is 16.5. The van der Waals surface area contributed by atoms with E-state index in [1.165, 1.54) is 0 Å². The van der Waals surface area contributed by atoms with Gasteiger partial charge in [0.2, 0.25) is 0 Å². The Bertz CT molecular complexity index is 343. The van der Waals surface area contributed by atoms with E-state index in [-0.39, 0.29) is 103 Å². The average molecular weight is 313 g/mol. The van der Waals surface area contributed by atoms with Crippen LogP contribution in [-0.4, -0.2) is 11.4 Å². The summed E-state index contributed by atoms with van der Waals surface area (Å²) >= 11 is 10.8. The van der Waals surface area contributed by atoms with Crippen molar-refractivity contribution in [3.8, 4) is 0 Å². The maximum absolute atomic E-state index is 10.5. The molecule has 0 unspecified atom stereocenters. The molecule has 0 aliphatic carbocycles. The van der Waals surface area contributed by atoms with Crippen LogP contribution in [0, 0.1) is 0 Å². The van der Waals surface area contributed by atoms with Crippen molar-refractivity contribution in [1.82, 2.24) is 0 Å². The zero-order valence-corrected chi connectivity index (χ0v) is 16.5. The van der Waals surface area contributed by atoms with Gasteiger partial charge in [0.25, 0.3) is 5.24 Å². The molecule has 0 radical (unpaired) electrons. The smallest absolute Gasteiger partial charge is 0.652 e. The minimum absolute atomic E-state index is 0. The summed E-state index contributed by atoms with van der Waals surface area (Å²) in [4.78, 5) is 18.9. The summed E-state index contributed by atoms with van der Waals surface area (Å²) in [6.45, 7) is 0. The van der Waals surface area contributed by atoms with Crippen LogP contribution in [0.4, 0.5) is 4.79 Å². The van der Waals surface area contributed by atoms with Crippen molar-refractivity contribution < 1.29 is 123 Å². The summed E-state index contributed by atoms with van der Waals surface area (Å²) in [6.07, 6.45) is -2.33. The number of carbonyl (C=O) groups is 2. The molecular formula is C8H4Cl2K2O4. The van der Waals surface area contributed by atoms with Gasteiger partial charge in [-0.2, -0.15) is 0 Å². The Balaban J connectivity index is -0.000000249. The van der Waals surface area contributed by atoms with E-state index >= 15 is 0 Å². The molecule has 0 saturated heterocycles. The molecule has 4 nitrogen and oxygen atoms in total. The zero-order valence-electron chi connectivity index (χ0n) is 8.70. The number of benzene rings is 1. The van der Waals surface area contributed by atoms with Crippen LogP contribution in [0.2, 0.25) is 5.02 Å². The Labute approximate surface area is 188 Å². The van der Waals surface area contributed by atoms with E-state index in [0.717, 1.165) is 0 Å². The van der Waals surface area contributed by atoms with Crippen LogP contribution in [0.5, 0.6) is 0 Å². The summed E-state index contributed by atoms with van der Waals surface area (Å²) in [7, 11) is 0. The number of hydrogen-bond acceptors (Lipinski definition) is 4. The third-order valence-electron chi connectivity index (χ3n) is 1.09. The number of hydrogen-bond donors (Lipinski definition) is 0. The van der Waals surface area contributed by atoms with Crippen LogP contribution in [0.3, 0.4) is 0 Å². The van der Waals surface area contributed by atoms with E-state index in [1.54, 1.807) is 24.3 Å². The average Bonchev–Trinajstić information content (AvgIpc) is 2.03. The molecule has 0 atom stereocenters. The molecule has 0 bridgehead atoms. The van der Waals surface area contributed by atoms with E-state index in [1.807, 2.05) is 0 Å². The third-order valence-corrected chi connectivity index (χ3v) is 1.62. The van der Waals surface area contributed by atoms with Gasteiger partial charge >= 0.3 is 103 Å². The van der Waals surface area contributed by atoms with Crippen LogP contribution < -0.4 is 113 Å². The second-order valence-corrected chi connectivity index (χ2v) is 2.75. The van der Waals surface area contributed by atoms with Crippen molar-refractivity contribution in [2.75, 3.05) is 0 Å². The third kappa shape index (κ3) is 12.5. The van der Waals surface area contributed by atoms with Gasteiger partial charge in [-0.3, -0.25) is 4.79 Å². The number of rotatable bonds is 1. The van der Waals surface area contributed by atoms with Gasteiger partial charge in [0.1, 0.15) is 0 Å². The van der Waals surface area contributed by atoms with Gasteiger partial charge < -0.3 is 15.0 Å². The first-order chi connectivity index (χ1) is 6.45. The molecule has 0 aromatic heterocycles. The maximum atomic E-state index is 10.5. The second kappa shape index (κ2) is 13.4. The first kappa shape index (κ1) is 23.1. The summed E-state index contributed by atoms with van der Waals surface area (Å²) in [6, 6.07) is 6.65. The molecule has 0 aliphatic heterocycles. The molecule has 1 rings (SSSR count). The van der Waals surface area contributed by atoms with Gasteiger partial charge in [0.05, 0.1) is 10.6 Å². The Morgan fingerprint density at radius 3 is 1.69 bits per heavy atom. The molecule has 1 aromatic rings. The summed E-state index contributed by atoms with van der Waals surface area (Å²) in [5.41, 5.74) is 0.353. The van der Waals surface area contributed by atoms with Crippen LogP contribution in [0.15, 0.2) is 24.3 Å². The molecule has 0 spiro atoms. The fourth-order valence-corrected chi connectivity index (χ4v) is 1.06. The van der Waals surface area contributed by atoms with Crippen molar-refractivity contribution in [3.63, 3.8) is 0 Å². The topological polar surface area (TPSA) is 80.3 Å². The normalized spacial score (nSPS) is 7.38. The van der Waals surface area contributed by atoms with Crippen molar-refractivity contribution in [1.29, 1.82) is 0 Å². The molecule has 8 heteroatoms. The molecule has 16 heavy (non-hydrogen) atoms. The molecule has 0 heterocycles. The SMILES string of the molecule is O=C(Cl)c1ccccc1Cl.O=C([O-])[O-].[K+].[K+]. The summed E-state index contributed by atoms with van der Waals surface area (Å²) < 4.78 is 0. The largest absolute Gasteiger partial charge is 1.00 e. The van der Waals surface area contributed by atoms with E-state index in [4.69, 9.17) is 38.2 Å². The van der Waals surface area contributed by atoms with Gasteiger partial charge in [0.15, 0.2) is 0 Å². The molecule has 1 aromatic carbocycles. The van der Waals surface area contributed by atoms with E-state index < -0.39 is 11.4 Å². The fourth-order valence-electron chi connectivity index (χ4n) is 0.621. The number of carbonyl (C=O) groups excluding carboxylic acids is 2. The van der Waals surface area contributed by atoms with Gasteiger partial charge in [-0.1, -0.05) is 23.7 Å². The minimum atomic E-state index is -2.33. The summed E-state index contributed by atoms with van der Waals surface area (Å²) in [5.74, 6) is 0. The molecule has 0 fully saturated rings. The van der Waals surface area contributed by atoms with E-state index in [0.29, 0.717) is 10.6 Å². The Morgan fingerprint density at radius 1 is 1.06 bits per heavy atom. The molecular weight excluding hydrogens is 309 g/mol. The van der Waals surface area contributed by atoms with Crippen LogP contribution in [0.1, 0.15) is 10.4 Å². The first-order valence-electron chi connectivity index (χ1n) is 3.27. The molecule has 76 valence electrons. The van der Waals surface area contributed by atoms with Gasteiger partial charge in [0, 0.05) is 0 Å². The minimum Gasteiger partial charge on any atom is -0.652 e. The van der Waals surface area contributed by atoms with Gasteiger partial charge in [-0.25, -0.2) is 0 Å². The standard InChI is InChI=1S/C7H4Cl2O.CH2O3.2K/c8-6-4-2-1-3-5(6)7(9)10;2-1(3)4;;/h1-4H;(H2,2,3,4);;/q;;2*+1/p-2. The number of halogens is 2. The molecule has 0 aliphatic rings. The van der Waals surface area contributed by atoms with Crippen LogP contribution >= 0.6 is 23.2 Å². The van der Waals surface area contributed by atoms with E-state index in [2.05, 4.69) is 0 Å².